The zero-order valence-corrected chi connectivity index (χ0v) is 11.7. The maximum absolute atomic E-state index is 8.75. The van der Waals surface area contributed by atoms with Crippen LogP contribution in [0.25, 0.3) is 0 Å². The van der Waals surface area contributed by atoms with Gasteiger partial charge in [0, 0.05) is 39.3 Å². The second-order valence-corrected chi connectivity index (χ2v) is 4.15. The average molecular weight is 260 g/mol. The first-order chi connectivity index (χ1) is 5.74. The molecular formula is C10H21NOY. The van der Waals surface area contributed by atoms with E-state index in [0.29, 0.717) is 6.61 Å². The molecule has 13 heavy (non-hydrogen) atoms. The molecule has 1 N–H and O–H groups in total. The second kappa shape index (κ2) is 7.33. The van der Waals surface area contributed by atoms with Crippen LogP contribution in [0.15, 0.2) is 0 Å². The van der Waals surface area contributed by atoms with E-state index in [0.717, 1.165) is 18.4 Å². The van der Waals surface area contributed by atoms with Gasteiger partial charge >= 0.3 is 0 Å². The first-order valence-electron chi connectivity index (χ1n) is 5.07. The van der Waals surface area contributed by atoms with Crippen LogP contribution in [0, 0.1) is 11.8 Å². The quantitative estimate of drug-likeness (QED) is 0.828. The molecule has 0 aliphatic carbocycles. The predicted molar refractivity (Wildman–Crippen MR) is 51.1 cm³/mol. The molecule has 1 aliphatic heterocycles. The summed E-state index contributed by atoms with van der Waals surface area (Å²) < 4.78 is 0. The Hall–Kier alpha value is 1.02. The van der Waals surface area contributed by atoms with Crippen LogP contribution in [0.1, 0.15) is 26.7 Å². The molecular weight excluding hydrogens is 239 g/mol. The van der Waals surface area contributed by atoms with Gasteiger partial charge in [-0.3, -0.25) is 0 Å². The minimum atomic E-state index is 0. The van der Waals surface area contributed by atoms with E-state index in [-0.39, 0.29) is 32.7 Å². The van der Waals surface area contributed by atoms with Crippen molar-refractivity contribution in [1.29, 1.82) is 0 Å². The Balaban J connectivity index is 0.00000144. The molecule has 0 amide bonds. The largest absolute Gasteiger partial charge is 0.395 e. The van der Waals surface area contributed by atoms with Crippen molar-refractivity contribution >= 4 is 0 Å². The van der Waals surface area contributed by atoms with Crippen molar-refractivity contribution in [2.24, 2.45) is 11.8 Å². The van der Waals surface area contributed by atoms with Crippen LogP contribution in [0.5, 0.6) is 0 Å². The van der Waals surface area contributed by atoms with Gasteiger partial charge in [0.25, 0.3) is 0 Å². The third-order valence-corrected chi connectivity index (χ3v) is 2.99. The molecule has 0 unspecified atom stereocenters. The van der Waals surface area contributed by atoms with Crippen LogP contribution in [-0.2, 0) is 32.7 Å². The SMILES string of the molecule is CC(C)C1CCN(CCO)CC1.[Y]. The van der Waals surface area contributed by atoms with E-state index in [1.165, 1.54) is 25.9 Å². The minimum Gasteiger partial charge on any atom is -0.395 e. The Morgan fingerprint density at radius 1 is 1.31 bits per heavy atom. The number of β-amino-alcohol motifs (C(OH)–C–C–N with tert-alkyl or cyclic N) is 1. The number of likely N-dealkylation sites (tertiary alicyclic amines) is 1. The first kappa shape index (κ1) is 14.0. The van der Waals surface area contributed by atoms with Gasteiger partial charge in [0.05, 0.1) is 6.61 Å². The summed E-state index contributed by atoms with van der Waals surface area (Å²) in [6.45, 7) is 8.17. The molecule has 0 aromatic carbocycles. The Morgan fingerprint density at radius 2 is 1.85 bits per heavy atom. The van der Waals surface area contributed by atoms with E-state index >= 15 is 0 Å². The van der Waals surface area contributed by atoms with Gasteiger partial charge in [-0.1, -0.05) is 13.8 Å². The standard InChI is InChI=1S/C10H21NO.Y/c1-9(2)10-3-5-11(6-4-10)7-8-12;/h9-10,12H,3-8H2,1-2H3;. The van der Waals surface area contributed by atoms with Crippen LogP contribution in [0.3, 0.4) is 0 Å². The molecule has 1 fully saturated rings. The Bertz CT molecular complexity index is 122. The Labute approximate surface area is 107 Å². The average Bonchev–Trinajstić information content (AvgIpc) is 2.06. The van der Waals surface area contributed by atoms with Crippen LogP contribution in [0.2, 0.25) is 0 Å². The third kappa shape index (κ3) is 4.87. The summed E-state index contributed by atoms with van der Waals surface area (Å²) in [5.41, 5.74) is 0. The fourth-order valence-corrected chi connectivity index (χ4v) is 1.98. The number of aliphatic hydroxyl groups is 1. The molecule has 0 saturated carbocycles. The van der Waals surface area contributed by atoms with Crippen molar-refractivity contribution in [1.82, 2.24) is 4.90 Å². The van der Waals surface area contributed by atoms with E-state index in [1.807, 2.05) is 0 Å². The third-order valence-electron chi connectivity index (χ3n) is 2.99. The molecule has 1 aliphatic rings. The van der Waals surface area contributed by atoms with Crippen molar-refractivity contribution < 1.29 is 37.8 Å². The summed E-state index contributed by atoms with van der Waals surface area (Å²) in [6.07, 6.45) is 2.63. The molecule has 0 aromatic heterocycles. The number of hydrogen-bond acceptors (Lipinski definition) is 2. The van der Waals surface area contributed by atoms with E-state index < -0.39 is 0 Å². The maximum Gasteiger partial charge on any atom is 0.0558 e. The van der Waals surface area contributed by atoms with Crippen LogP contribution < -0.4 is 0 Å². The summed E-state index contributed by atoms with van der Waals surface area (Å²) in [5.74, 6) is 1.75. The second-order valence-electron chi connectivity index (χ2n) is 4.15. The van der Waals surface area contributed by atoms with Crippen molar-refractivity contribution in [3.05, 3.63) is 0 Å². The number of piperidine rings is 1. The van der Waals surface area contributed by atoms with Gasteiger partial charge in [-0.2, -0.15) is 0 Å². The van der Waals surface area contributed by atoms with Gasteiger partial charge < -0.3 is 10.0 Å². The molecule has 0 bridgehead atoms. The number of nitrogens with zero attached hydrogens (tertiary/aromatic N) is 1. The first-order valence-corrected chi connectivity index (χ1v) is 5.07. The van der Waals surface area contributed by atoms with E-state index in [4.69, 9.17) is 5.11 Å². The number of rotatable bonds is 3. The van der Waals surface area contributed by atoms with Crippen LogP contribution in [-0.4, -0.2) is 36.2 Å². The van der Waals surface area contributed by atoms with Crippen molar-refractivity contribution in [2.75, 3.05) is 26.2 Å². The monoisotopic (exact) mass is 260 g/mol. The van der Waals surface area contributed by atoms with Crippen molar-refractivity contribution in [2.45, 2.75) is 26.7 Å². The van der Waals surface area contributed by atoms with Gasteiger partial charge in [0.2, 0.25) is 0 Å². The van der Waals surface area contributed by atoms with E-state index in [2.05, 4.69) is 18.7 Å². The molecule has 3 heteroatoms. The fourth-order valence-electron chi connectivity index (χ4n) is 1.98. The molecule has 1 saturated heterocycles. The topological polar surface area (TPSA) is 23.5 Å². The summed E-state index contributed by atoms with van der Waals surface area (Å²) in [5, 5.41) is 8.75. The summed E-state index contributed by atoms with van der Waals surface area (Å²) in [7, 11) is 0. The van der Waals surface area contributed by atoms with Crippen LogP contribution in [0.4, 0.5) is 0 Å². The Morgan fingerprint density at radius 3 is 2.23 bits per heavy atom. The van der Waals surface area contributed by atoms with Crippen molar-refractivity contribution in [3.8, 4) is 0 Å². The zero-order chi connectivity index (χ0) is 8.97. The minimum absolute atomic E-state index is 0. The smallest absolute Gasteiger partial charge is 0.0558 e. The van der Waals surface area contributed by atoms with E-state index in [1.54, 1.807) is 0 Å². The Kier molecular flexibility index (Phi) is 7.91. The van der Waals surface area contributed by atoms with Gasteiger partial charge in [0.1, 0.15) is 0 Å². The molecule has 2 nitrogen and oxygen atoms in total. The predicted octanol–water partition coefficient (Wildman–Crippen LogP) is 1.34. The summed E-state index contributed by atoms with van der Waals surface area (Å²) >= 11 is 0. The zero-order valence-electron chi connectivity index (χ0n) is 8.87. The van der Waals surface area contributed by atoms with Crippen LogP contribution >= 0.6 is 0 Å². The molecule has 0 aromatic rings. The molecule has 1 heterocycles. The van der Waals surface area contributed by atoms with E-state index in [9.17, 15) is 0 Å². The van der Waals surface area contributed by atoms with Crippen molar-refractivity contribution in [3.63, 3.8) is 0 Å². The van der Waals surface area contributed by atoms with Gasteiger partial charge in [-0.25, -0.2) is 0 Å². The number of aliphatic hydroxyl groups excluding tert-OH is 1. The normalized spacial score (nSPS) is 20.3. The maximum atomic E-state index is 8.75. The van der Waals surface area contributed by atoms with Gasteiger partial charge in [-0.05, 0) is 37.8 Å². The van der Waals surface area contributed by atoms with Gasteiger partial charge in [-0.15, -0.1) is 0 Å². The fraction of sp³-hybridized carbons (Fsp3) is 1.00. The molecule has 1 rings (SSSR count). The molecule has 1 radical (unpaired) electrons. The molecule has 75 valence electrons. The summed E-state index contributed by atoms with van der Waals surface area (Å²) in [4.78, 5) is 2.36. The molecule has 0 atom stereocenters. The number of hydrogen-bond donors (Lipinski definition) is 1. The molecule has 0 spiro atoms. The summed E-state index contributed by atoms with van der Waals surface area (Å²) in [6, 6.07) is 0. The van der Waals surface area contributed by atoms with Gasteiger partial charge in [0.15, 0.2) is 0 Å².